The molecule has 0 bridgehead atoms. The average molecular weight is 544 g/mol. The fourth-order valence-corrected chi connectivity index (χ4v) is 11.7. The number of carboxylic acid groups (broad SMARTS) is 1. The zero-order chi connectivity index (χ0) is 29.4. The number of nitrogens with zero attached hydrogens (tertiary/aromatic N) is 1. The van der Waals surface area contributed by atoms with Gasteiger partial charge in [0.25, 0.3) is 0 Å². The van der Waals surface area contributed by atoms with Crippen LogP contribution in [0.15, 0.2) is 0 Å². The summed E-state index contributed by atoms with van der Waals surface area (Å²) in [5.41, 5.74) is -1.60. The largest absolute Gasteiger partial charge is 0.481 e. The van der Waals surface area contributed by atoms with Gasteiger partial charge in [0.15, 0.2) is 8.32 Å². The first-order valence-corrected chi connectivity index (χ1v) is 16.1. The van der Waals surface area contributed by atoms with Crippen LogP contribution in [0.1, 0.15) is 117 Å². The van der Waals surface area contributed by atoms with E-state index in [-0.39, 0.29) is 5.41 Å². The van der Waals surface area contributed by atoms with Gasteiger partial charge in [-0.2, -0.15) is 0 Å². The first kappa shape index (κ1) is 33.9. The van der Waals surface area contributed by atoms with Gasteiger partial charge < -0.3 is 19.0 Å². The maximum absolute atomic E-state index is 13.4. The lowest BCUT2D eigenvalue weighted by atomic mass is 9.75. The predicted octanol–water partition coefficient (Wildman–Crippen LogP) is 7.84. The highest BCUT2D eigenvalue weighted by Gasteiger charge is 2.58. The quantitative estimate of drug-likeness (QED) is 0.267. The lowest BCUT2D eigenvalue weighted by molar-refractivity contribution is -0.160. The van der Waals surface area contributed by atoms with Crippen LogP contribution < -0.4 is 0 Å². The lowest BCUT2D eigenvalue weighted by Crippen LogP contribution is -2.53. The van der Waals surface area contributed by atoms with E-state index in [4.69, 9.17) is 13.9 Å². The predicted molar refractivity (Wildman–Crippen MR) is 152 cm³/mol. The molecule has 0 aromatic carbocycles. The number of carboxylic acids is 1. The molecule has 1 aliphatic heterocycles. The van der Waals surface area contributed by atoms with Gasteiger partial charge in [0, 0.05) is 6.61 Å². The van der Waals surface area contributed by atoms with Crippen molar-refractivity contribution in [2.24, 2.45) is 10.8 Å². The van der Waals surface area contributed by atoms with E-state index in [9.17, 15) is 14.7 Å². The second-order valence-electron chi connectivity index (χ2n) is 14.7. The number of ether oxygens (including phenoxy) is 2. The fraction of sp³-hybridized carbons (Fsp3) is 0.931. The zero-order valence-electron chi connectivity index (χ0n) is 26.4. The van der Waals surface area contributed by atoms with Crippen LogP contribution in [0.4, 0.5) is 4.79 Å². The number of carbonyl (C=O) groups excluding carboxylic acids is 1. The molecule has 1 saturated heterocycles. The van der Waals surface area contributed by atoms with Crippen LogP contribution in [0.25, 0.3) is 0 Å². The van der Waals surface area contributed by atoms with Gasteiger partial charge in [-0.3, -0.25) is 9.69 Å². The smallest absolute Gasteiger partial charge is 0.412 e. The van der Waals surface area contributed by atoms with Gasteiger partial charge in [-0.15, -0.1) is 0 Å². The Kier molecular flexibility index (Phi) is 10.6. The van der Waals surface area contributed by atoms with Crippen LogP contribution in [0.2, 0.25) is 16.6 Å². The Balaban J connectivity index is 3.31. The summed E-state index contributed by atoms with van der Waals surface area (Å²) >= 11 is 0. The number of hydrogen-bond acceptors (Lipinski definition) is 5. The van der Waals surface area contributed by atoms with Gasteiger partial charge in [0.05, 0.1) is 17.6 Å². The summed E-state index contributed by atoms with van der Waals surface area (Å²) in [5, 5.41) is 10.1. The molecule has 0 saturated carbocycles. The normalized spacial score (nSPS) is 21.3. The van der Waals surface area contributed by atoms with Crippen LogP contribution in [0.3, 0.4) is 0 Å². The van der Waals surface area contributed by atoms with E-state index >= 15 is 0 Å². The van der Waals surface area contributed by atoms with Gasteiger partial charge in [-0.05, 0) is 83.3 Å². The minimum absolute atomic E-state index is 0.230. The Labute approximate surface area is 228 Å². The standard InChI is InChI=1S/C29H57NO6Si/c1-19(2)37(20(3)4,21(5)6)34-17-16-27(10,11)18-22-23(28(12,13)24(31)32)35-29(14,15)30(22)25(33)36-26(7,8)9/h19-23H,16-18H2,1-15H3,(H,31,32)/t22-,23+/m0/s1. The highest BCUT2D eigenvalue weighted by atomic mass is 28.4. The highest BCUT2D eigenvalue weighted by Crippen LogP contribution is 2.47. The van der Waals surface area contributed by atoms with E-state index in [1.54, 1.807) is 18.7 Å². The molecular weight excluding hydrogens is 486 g/mol. The van der Waals surface area contributed by atoms with Crippen molar-refractivity contribution in [3.8, 4) is 0 Å². The Morgan fingerprint density at radius 1 is 0.946 bits per heavy atom. The monoisotopic (exact) mass is 543 g/mol. The molecular formula is C29H57NO6Si. The summed E-state index contributed by atoms with van der Waals surface area (Å²) in [4.78, 5) is 27.4. The molecule has 1 N–H and O–H groups in total. The molecule has 2 atom stereocenters. The van der Waals surface area contributed by atoms with Gasteiger partial charge in [-0.1, -0.05) is 55.4 Å². The van der Waals surface area contributed by atoms with Gasteiger partial charge >= 0.3 is 12.1 Å². The van der Waals surface area contributed by atoms with Crippen molar-refractivity contribution in [2.45, 2.75) is 157 Å². The minimum atomic E-state index is -2.00. The average Bonchev–Trinajstić information content (AvgIpc) is 2.92. The third-order valence-corrected chi connectivity index (χ3v) is 14.2. The highest BCUT2D eigenvalue weighted by molar-refractivity contribution is 6.77. The second kappa shape index (κ2) is 11.5. The SMILES string of the molecule is CC(C)[Si](OCCC(C)(C)C[C@H]1[C@H](C(C)(C)C(=O)O)OC(C)(C)N1C(=O)OC(C)(C)C)(C(C)C)C(C)C. The van der Waals surface area contributed by atoms with Crippen molar-refractivity contribution >= 4 is 20.4 Å². The van der Waals surface area contributed by atoms with E-state index in [0.717, 1.165) is 6.42 Å². The van der Waals surface area contributed by atoms with E-state index in [1.807, 2.05) is 34.6 Å². The molecule has 0 unspecified atom stereocenters. The summed E-state index contributed by atoms with van der Waals surface area (Å²) in [6.07, 6.45) is 0.194. The summed E-state index contributed by atoms with van der Waals surface area (Å²) in [6.45, 7) is 31.2. The third-order valence-electron chi connectivity index (χ3n) is 8.13. The van der Waals surface area contributed by atoms with E-state index in [1.165, 1.54) is 0 Å². The Hall–Kier alpha value is -1.12. The molecule has 218 valence electrons. The molecule has 37 heavy (non-hydrogen) atoms. The summed E-state index contributed by atoms with van der Waals surface area (Å²) in [6, 6.07) is -0.465. The molecule has 0 aromatic heterocycles. The maximum atomic E-state index is 13.4. The number of aliphatic carboxylic acids is 1. The Morgan fingerprint density at radius 2 is 1.41 bits per heavy atom. The van der Waals surface area contributed by atoms with Crippen LogP contribution in [-0.4, -0.2) is 60.5 Å². The molecule has 7 nitrogen and oxygen atoms in total. The van der Waals surface area contributed by atoms with Crippen molar-refractivity contribution in [3.63, 3.8) is 0 Å². The fourth-order valence-electron chi connectivity index (χ4n) is 6.27. The Bertz CT molecular complexity index is 775. The molecule has 1 aliphatic rings. The summed E-state index contributed by atoms with van der Waals surface area (Å²) < 4.78 is 19.0. The van der Waals surface area contributed by atoms with Crippen molar-refractivity contribution in [1.82, 2.24) is 4.90 Å². The maximum Gasteiger partial charge on any atom is 0.412 e. The summed E-state index contributed by atoms with van der Waals surface area (Å²) in [5.74, 6) is -0.952. The van der Waals surface area contributed by atoms with Gasteiger partial charge in [0.1, 0.15) is 11.3 Å². The lowest BCUT2D eigenvalue weighted by Gasteiger charge is -2.43. The molecule has 0 aliphatic carbocycles. The zero-order valence-corrected chi connectivity index (χ0v) is 27.4. The first-order chi connectivity index (χ1) is 16.4. The molecule has 1 rings (SSSR count). The van der Waals surface area contributed by atoms with Crippen molar-refractivity contribution in [2.75, 3.05) is 6.61 Å². The topological polar surface area (TPSA) is 85.3 Å². The van der Waals surface area contributed by atoms with Crippen LogP contribution in [-0.2, 0) is 18.7 Å². The van der Waals surface area contributed by atoms with Crippen LogP contribution in [0, 0.1) is 10.8 Å². The molecule has 1 fully saturated rings. The van der Waals surface area contributed by atoms with Crippen LogP contribution >= 0.6 is 0 Å². The third kappa shape index (κ3) is 7.72. The molecule has 1 amide bonds. The van der Waals surface area contributed by atoms with Gasteiger partial charge in [0.2, 0.25) is 0 Å². The van der Waals surface area contributed by atoms with Crippen molar-refractivity contribution in [3.05, 3.63) is 0 Å². The second-order valence-corrected chi connectivity index (χ2v) is 20.2. The minimum Gasteiger partial charge on any atom is -0.481 e. The molecule has 0 radical (unpaired) electrons. The number of carbonyl (C=O) groups is 2. The Morgan fingerprint density at radius 3 is 1.78 bits per heavy atom. The van der Waals surface area contributed by atoms with Crippen molar-refractivity contribution < 1.29 is 28.6 Å². The molecule has 1 heterocycles. The van der Waals surface area contributed by atoms with Crippen LogP contribution in [0.5, 0.6) is 0 Å². The van der Waals surface area contributed by atoms with Gasteiger partial charge in [-0.25, -0.2) is 4.79 Å². The molecule has 8 heteroatoms. The number of hydrogen-bond donors (Lipinski definition) is 1. The molecule has 0 spiro atoms. The number of amides is 1. The van der Waals surface area contributed by atoms with E-state index in [0.29, 0.717) is 29.7 Å². The van der Waals surface area contributed by atoms with E-state index in [2.05, 4.69) is 55.4 Å². The summed E-state index contributed by atoms with van der Waals surface area (Å²) in [7, 11) is -2.00. The first-order valence-electron chi connectivity index (χ1n) is 14.0. The number of rotatable bonds is 11. The van der Waals surface area contributed by atoms with Crippen molar-refractivity contribution in [1.29, 1.82) is 0 Å². The van der Waals surface area contributed by atoms with E-state index < -0.39 is 49.3 Å². The molecule has 0 aromatic rings.